The molecule has 0 radical (unpaired) electrons. The highest BCUT2D eigenvalue weighted by atomic mass is 35.5. The second kappa shape index (κ2) is 7.35. The summed E-state index contributed by atoms with van der Waals surface area (Å²) in [6.07, 6.45) is 0. The van der Waals surface area contributed by atoms with Crippen LogP contribution in [0, 0.1) is 13.8 Å². The molecule has 0 aliphatic rings. The van der Waals surface area contributed by atoms with Gasteiger partial charge in [0.2, 0.25) is 0 Å². The molecule has 2 N–H and O–H groups in total. The second-order valence-electron chi connectivity index (χ2n) is 5.14. The maximum atomic E-state index is 12.5. The molecule has 0 atom stereocenters. The first-order valence-electron chi connectivity index (χ1n) is 7.33. The lowest BCUT2D eigenvalue weighted by atomic mass is 10.1. The minimum Gasteiger partial charge on any atom is -0.480 e. The van der Waals surface area contributed by atoms with Crippen molar-refractivity contribution in [2.24, 2.45) is 0 Å². The number of aryl methyl sites for hydroxylation is 2. The van der Waals surface area contributed by atoms with Crippen LogP contribution in [0.3, 0.4) is 0 Å². The Kier molecular flexibility index (Phi) is 5.46. The Hall–Kier alpha value is -2.54. The van der Waals surface area contributed by atoms with Crippen molar-refractivity contribution < 1.29 is 19.4 Å². The van der Waals surface area contributed by atoms with Crippen LogP contribution in [0.2, 0.25) is 5.02 Å². The lowest BCUT2D eigenvalue weighted by Crippen LogP contribution is -2.14. The summed E-state index contributed by atoms with van der Waals surface area (Å²) >= 11 is 6.05. The lowest BCUT2D eigenvalue weighted by Gasteiger charge is -2.09. The van der Waals surface area contributed by atoms with Crippen LogP contribution in [-0.4, -0.2) is 33.4 Å². The molecular weight excluding hydrogens is 334 g/mol. The van der Waals surface area contributed by atoms with E-state index in [2.05, 4.69) is 10.4 Å². The zero-order valence-electron chi connectivity index (χ0n) is 13.6. The first-order valence-corrected chi connectivity index (χ1v) is 7.70. The number of carbonyl (C=O) groups excluding carboxylic acids is 1. The van der Waals surface area contributed by atoms with Crippen molar-refractivity contribution in [3.63, 3.8) is 0 Å². The Bertz CT molecular complexity index is 786. The van der Waals surface area contributed by atoms with Gasteiger partial charge in [-0.2, -0.15) is 5.10 Å². The fourth-order valence-corrected chi connectivity index (χ4v) is 2.60. The highest BCUT2D eigenvalue weighted by molar-refractivity contribution is 6.32. The molecule has 8 heteroatoms. The average molecular weight is 352 g/mol. The van der Waals surface area contributed by atoms with Gasteiger partial charge in [0.25, 0.3) is 5.91 Å². The fraction of sp³-hybridized carbons (Fsp3) is 0.312. The summed E-state index contributed by atoms with van der Waals surface area (Å²) < 4.78 is 6.81. The number of halogens is 1. The van der Waals surface area contributed by atoms with Gasteiger partial charge in [-0.05, 0) is 39.0 Å². The van der Waals surface area contributed by atoms with Crippen LogP contribution in [0.15, 0.2) is 18.2 Å². The highest BCUT2D eigenvalue weighted by Crippen LogP contribution is 2.28. The Labute approximate surface area is 144 Å². The molecule has 1 heterocycles. The van der Waals surface area contributed by atoms with Gasteiger partial charge in [-0.3, -0.25) is 9.48 Å². The number of nitrogens with zero attached hydrogens (tertiary/aromatic N) is 2. The first-order chi connectivity index (χ1) is 11.3. The number of ether oxygens (including phenoxy) is 1. The van der Waals surface area contributed by atoms with Crippen LogP contribution in [0.1, 0.15) is 28.7 Å². The number of rotatable bonds is 6. The number of hydrogen-bond acceptors (Lipinski definition) is 4. The SMILES string of the molecule is CCn1nc(C)c(C(=O)Nc2ccc(OCC(=O)O)c(Cl)c2)c1C. The number of aliphatic carboxylic acids is 1. The van der Waals surface area contributed by atoms with Gasteiger partial charge in [0.1, 0.15) is 5.75 Å². The Morgan fingerprint density at radius 3 is 2.62 bits per heavy atom. The molecule has 0 saturated carbocycles. The maximum absolute atomic E-state index is 12.5. The number of carbonyl (C=O) groups is 2. The standard InChI is InChI=1S/C16H18ClN3O4/c1-4-20-10(3)15(9(2)19-20)16(23)18-11-5-6-13(12(17)7-11)24-8-14(21)22/h5-7H,4,8H2,1-3H3,(H,18,23)(H,21,22). The fourth-order valence-electron chi connectivity index (χ4n) is 2.36. The number of aromatic nitrogens is 2. The summed E-state index contributed by atoms with van der Waals surface area (Å²) in [7, 11) is 0. The number of benzene rings is 1. The van der Waals surface area contributed by atoms with E-state index >= 15 is 0 Å². The number of carboxylic acid groups (broad SMARTS) is 1. The molecule has 0 aliphatic carbocycles. The van der Waals surface area contributed by atoms with Crippen molar-refractivity contribution in [2.45, 2.75) is 27.3 Å². The monoisotopic (exact) mass is 351 g/mol. The van der Waals surface area contributed by atoms with Crippen LogP contribution >= 0.6 is 11.6 Å². The van der Waals surface area contributed by atoms with E-state index in [1.54, 1.807) is 17.7 Å². The minimum absolute atomic E-state index is 0.215. The van der Waals surface area contributed by atoms with E-state index in [-0.39, 0.29) is 16.7 Å². The quantitative estimate of drug-likeness (QED) is 0.834. The van der Waals surface area contributed by atoms with Gasteiger partial charge in [0.15, 0.2) is 6.61 Å². The number of hydrogen-bond donors (Lipinski definition) is 2. The van der Waals surface area contributed by atoms with Crippen molar-refractivity contribution in [1.29, 1.82) is 0 Å². The normalized spacial score (nSPS) is 10.5. The highest BCUT2D eigenvalue weighted by Gasteiger charge is 2.18. The summed E-state index contributed by atoms with van der Waals surface area (Å²) in [6.45, 7) is 5.77. The topological polar surface area (TPSA) is 93.5 Å². The average Bonchev–Trinajstić information content (AvgIpc) is 2.80. The van der Waals surface area contributed by atoms with Gasteiger partial charge in [0.05, 0.1) is 16.3 Å². The molecule has 2 rings (SSSR count). The van der Waals surface area contributed by atoms with Gasteiger partial charge in [-0.15, -0.1) is 0 Å². The van der Waals surface area contributed by atoms with Crippen LogP contribution in [0.25, 0.3) is 0 Å². The van der Waals surface area contributed by atoms with Crippen molar-refractivity contribution in [2.75, 3.05) is 11.9 Å². The van der Waals surface area contributed by atoms with Crippen molar-refractivity contribution in [3.8, 4) is 5.75 Å². The minimum atomic E-state index is -1.10. The largest absolute Gasteiger partial charge is 0.480 e. The van der Waals surface area contributed by atoms with E-state index in [1.165, 1.54) is 12.1 Å². The molecule has 0 saturated heterocycles. The second-order valence-corrected chi connectivity index (χ2v) is 5.55. The lowest BCUT2D eigenvalue weighted by molar-refractivity contribution is -0.139. The summed E-state index contributed by atoms with van der Waals surface area (Å²) in [5.41, 5.74) is 2.45. The Morgan fingerprint density at radius 2 is 2.08 bits per heavy atom. The molecule has 1 amide bonds. The Morgan fingerprint density at radius 1 is 1.38 bits per heavy atom. The molecule has 1 aromatic heterocycles. The third-order valence-corrected chi connectivity index (χ3v) is 3.74. The van der Waals surface area contributed by atoms with Crippen molar-refractivity contribution in [3.05, 3.63) is 40.2 Å². The van der Waals surface area contributed by atoms with Gasteiger partial charge < -0.3 is 15.2 Å². The Balaban J connectivity index is 2.16. The molecule has 0 spiro atoms. The smallest absolute Gasteiger partial charge is 0.341 e. The van der Waals surface area contributed by atoms with Gasteiger partial charge in [0, 0.05) is 17.9 Å². The van der Waals surface area contributed by atoms with E-state index in [4.69, 9.17) is 21.4 Å². The summed E-state index contributed by atoms with van der Waals surface area (Å²) in [5, 5.41) is 15.9. The van der Waals surface area contributed by atoms with E-state index in [0.717, 1.165) is 5.69 Å². The van der Waals surface area contributed by atoms with Gasteiger partial charge in [-0.1, -0.05) is 11.6 Å². The van der Waals surface area contributed by atoms with Crippen molar-refractivity contribution in [1.82, 2.24) is 9.78 Å². The zero-order chi connectivity index (χ0) is 17.9. The molecule has 128 valence electrons. The van der Waals surface area contributed by atoms with Crippen LogP contribution in [0.4, 0.5) is 5.69 Å². The number of nitrogens with one attached hydrogen (secondary N) is 1. The molecule has 1 aromatic carbocycles. The van der Waals surface area contributed by atoms with Gasteiger partial charge in [-0.25, -0.2) is 4.79 Å². The summed E-state index contributed by atoms with van der Waals surface area (Å²) in [6, 6.07) is 4.61. The van der Waals surface area contributed by atoms with Crippen LogP contribution < -0.4 is 10.1 Å². The van der Waals surface area contributed by atoms with Crippen LogP contribution in [0.5, 0.6) is 5.75 Å². The van der Waals surface area contributed by atoms with Crippen molar-refractivity contribution >= 4 is 29.2 Å². The molecule has 7 nitrogen and oxygen atoms in total. The van der Waals surface area contributed by atoms with E-state index < -0.39 is 12.6 Å². The predicted octanol–water partition coefficient (Wildman–Crippen LogP) is 2.89. The maximum Gasteiger partial charge on any atom is 0.341 e. The molecule has 0 bridgehead atoms. The van der Waals surface area contributed by atoms with Gasteiger partial charge >= 0.3 is 5.97 Å². The number of amides is 1. The number of carboxylic acids is 1. The predicted molar refractivity (Wildman–Crippen MR) is 89.9 cm³/mol. The van der Waals surface area contributed by atoms with Crippen LogP contribution in [-0.2, 0) is 11.3 Å². The zero-order valence-corrected chi connectivity index (χ0v) is 14.3. The van der Waals surface area contributed by atoms with E-state index in [9.17, 15) is 9.59 Å². The molecular formula is C16H18ClN3O4. The molecule has 0 unspecified atom stereocenters. The summed E-state index contributed by atoms with van der Waals surface area (Å²) in [5.74, 6) is -1.13. The molecule has 24 heavy (non-hydrogen) atoms. The third-order valence-electron chi connectivity index (χ3n) is 3.45. The van der Waals surface area contributed by atoms with E-state index in [1.807, 2.05) is 13.8 Å². The summed E-state index contributed by atoms with van der Waals surface area (Å²) in [4.78, 5) is 23.0. The first kappa shape index (κ1) is 17.8. The molecule has 0 aliphatic heterocycles. The van der Waals surface area contributed by atoms with E-state index in [0.29, 0.717) is 23.5 Å². The molecule has 2 aromatic rings. The third kappa shape index (κ3) is 3.86. The number of anilines is 1. The molecule has 0 fully saturated rings.